The zero-order chi connectivity index (χ0) is 23.7. The maximum absolute atomic E-state index is 13.6. The van der Waals surface area contributed by atoms with Gasteiger partial charge in [-0.05, 0) is 61.1 Å². The molecule has 8 heteroatoms. The molecule has 0 saturated heterocycles. The monoisotopic (exact) mass is 463 g/mol. The van der Waals surface area contributed by atoms with Crippen LogP contribution in [0.1, 0.15) is 46.3 Å². The van der Waals surface area contributed by atoms with Gasteiger partial charge in [0.05, 0.1) is 26.9 Å². The van der Waals surface area contributed by atoms with Crippen molar-refractivity contribution in [1.82, 2.24) is 9.47 Å². The number of nitrogens with zero attached hydrogens (tertiary/aromatic N) is 2. The molecule has 178 valence electrons. The number of ether oxygens (including phenoxy) is 3. The quantitative estimate of drug-likeness (QED) is 0.550. The summed E-state index contributed by atoms with van der Waals surface area (Å²) in [4.78, 5) is 15.5. The lowest BCUT2D eigenvalue weighted by molar-refractivity contribution is 0.0719. The molecule has 1 aromatic heterocycles. The molecule has 1 fully saturated rings. The second kappa shape index (κ2) is 9.29. The van der Waals surface area contributed by atoms with E-state index in [1.165, 1.54) is 12.7 Å². The number of fused-ring (bicyclic) bond motifs is 1. The van der Waals surface area contributed by atoms with Crippen molar-refractivity contribution < 1.29 is 23.4 Å². The highest BCUT2D eigenvalue weighted by atomic mass is 16.5. The topological polar surface area (TPSA) is 89.9 Å². The molecule has 34 heavy (non-hydrogen) atoms. The average molecular weight is 464 g/mol. The summed E-state index contributed by atoms with van der Waals surface area (Å²) in [6.45, 7) is 1.51. The molecule has 0 spiro atoms. The molecule has 2 aromatic carbocycles. The second-order valence-electron chi connectivity index (χ2n) is 8.82. The van der Waals surface area contributed by atoms with E-state index in [1.54, 1.807) is 25.0 Å². The number of hydrogen-bond donors (Lipinski definition) is 1. The van der Waals surface area contributed by atoms with Crippen molar-refractivity contribution in [2.75, 3.05) is 20.8 Å². The molecule has 1 amide bonds. The lowest BCUT2D eigenvalue weighted by Crippen LogP contribution is -2.38. The molecule has 0 unspecified atom stereocenters. The standard InChI is InChI=1S/C26H29N3O5/c1-31-20-10-17(11-21(14-20)32-2)15-28-7-6-22-23(25(28)30)12-18(16-29-8-9-33-26(29)27)13-24(22)34-19-4-3-5-19/h8-14,19,27H,3-7,15-16H2,1-2H3. The number of aromatic nitrogens is 1. The van der Waals surface area contributed by atoms with Gasteiger partial charge in [-0.15, -0.1) is 0 Å². The SMILES string of the molecule is COc1cc(CN2CCc3c(OC4CCC4)cc(Cn4ccoc4=N)cc3C2=O)cc(OC)c1. The first-order valence-corrected chi connectivity index (χ1v) is 11.6. The van der Waals surface area contributed by atoms with Gasteiger partial charge in [-0.2, -0.15) is 0 Å². The van der Waals surface area contributed by atoms with Gasteiger partial charge < -0.3 is 23.5 Å². The van der Waals surface area contributed by atoms with E-state index >= 15 is 0 Å². The summed E-state index contributed by atoms with van der Waals surface area (Å²) < 4.78 is 23.9. The number of rotatable bonds is 8. The van der Waals surface area contributed by atoms with Gasteiger partial charge >= 0.3 is 0 Å². The van der Waals surface area contributed by atoms with Gasteiger partial charge in [0.15, 0.2) is 0 Å². The van der Waals surface area contributed by atoms with Gasteiger partial charge in [-0.3, -0.25) is 14.8 Å². The van der Waals surface area contributed by atoms with Crippen LogP contribution in [0, 0.1) is 5.41 Å². The number of hydrogen-bond acceptors (Lipinski definition) is 6. The average Bonchev–Trinajstić information content (AvgIpc) is 3.22. The second-order valence-corrected chi connectivity index (χ2v) is 8.82. The van der Waals surface area contributed by atoms with Crippen LogP contribution in [0.15, 0.2) is 47.2 Å². The molecule has 5 rings (SSSR count). The molecule has 1 aliphatic carbocycles. The summed E-state index contributed by atoms with van der Waals surface area (Å²) in [6.07, 6.45) is 7.42. The fraction of sp³-hybridized carbons (Fsp3) is 0.385. The maximum Gasteiger partial charge on any atom is 0.293 e. The van der Waals surface area contributed by atoms with E-state index in [-0.39, 0.29) is 17.7 Å². The Balaban J connectivity index is 1.46. The minimum absolute atomic E-state index is 0.0216. The third-order valence-electron chi connectivity index (χ3n) is 6.58. The van der Waals surface area contributed by atoms with E-state index in [2.05, 4.69) is 0 Å². The van der Waals surface area contributed by atoms with Crippen LogP contribution in [0.25, 0.3) is 0 Å². The highest BCUT2D eigenvalue weighted by Crippen LogP contribution is 2.35. The Bertz CT molecular complexity index is 1240. The highest BCUT2D eigenvalue weighted by Gasteiger charge is 2.30. The molecule has 2 aliphatic rings. The molecule has 8 nitrogen and oxygen atoms in total. The molecule has 1 aliphatic heterocycles. The number of amides is 1. The largest absolute Gasteiger partial charge is 0.497 e. The predicted octanol–water partition coefficient (Wildman–Crippen LogP) is 3.76. The normalized spacial score (nSPS) is 15.6. The molecular formula is C26H29N3O5. The third-order valence-corrected chi connectivity index (χ3v) is 6.58. The van der Waals surface area contributed by atoms with Crippen molar-refractivity contribution >= 4 is 5.91 Å². The van der Waals surface area contributed by atoms with E-state index in [9.17, 15) is 4.79 Å². The van der Waals surface area contributed by atoms with Crippen molar-refractivity contribution in [3.8, 4) is 17.2 Å². The van der Waals surface area contributed by atoms with Gasteiger partial charge in [0.25, 0.3) is 11.6 Å². The summed E-state index contributed by atoms with van der Waals surface area (Å²) >= 11 is 0. The molecular weight excluding hydrogens is 434 g/mol. The first-order valence-electron chi connectivity index (χ1n) is 11.6. The summed E-state index contributed by atoms with van der Waals surface area (Å²) in [5, 5.41) is 7.93. The fourth-order valence-electron chi connectivity index (χ4n) is 4.49. The van der Waals surface area contributed by atoms with E-state index in [0.717, 1.165) is 41.7 Å². The maximum atomic E-state index is 13.6. The van der Waals surface area contributed by atoms with Gasteiger partial charge in [0.1, 0.15) is 23.5 Å². The van der Waals surface area contributed by atoms with Crippen LogP contribution in [0.2, 0.25) is 0 Å². The Morgan fingerprint density at radius 2 is 1.76 bits per heavy atom. The smallest absolute Gasteiger partial charge is 0.293 e. The fourth-order valence-corrected chi connectivity index (χ4v) is 4.49. The lowest BCUT2D eigenvalue weighted by atomic mass is 9.93. The summed E-state index contributed by atoms with van der Waals surface area (Å²) in [7, 11) is 3.23. The highest BCUT2D eigenvalue weighted by molar-refractivity contribution is 5.97. The van der Waals surface area contributed by atoms with Crippen LogP contribution in [-0.2, 0) is 19.5 Å². The molecule has 1 N–H and O–H groups in total. The molecule has 2 heterocycles. The summed E-state index contributed by atoms with van der Waals surface area (Å²) in [6, 6.07) is 9.63. The van der Waals surface area contributed by atoms with Crippen molar-refractivity contribution in [3.05, 3.63) is 70.7 Å². The zero-order valence-electron chi connectivity index (χ0n) is 19.5. The van der Waals surface area contributed by atoms with E-state index in [1.807, 2.05) is 35.2 Å². The number of methoxy groups -OCH3 is 2. The number of benzene rings is 2. The third kappa shape index (κ3) is 4.40. The van der Waals surface area contributed by atoms with Gasteiger partial charge in [-0.1, -0.05) is 0 Å². The van der Waals surface area contributed by atoms with Crippen LogP contribution in [0.5, 0.6) is 17.2 Å². The van der Waals surface area contributed by atoms with Gasteiger partial charge in [0.2, 0.25) is 0 Å². The Labute approximate surface area is 198 Å². The molecule has 1 saturated carbocycles. The number of carbonyl (C=O) groups excluding carboxylic acids is 1. The minimum Gasteiger partial charge on any atom is -0.497 e. The molecule has 0 radical (unpaired) electrons. The Hall–Kier alpha value is -3.68. The van der Waals surface area contributed by atoms with Crippen LogP contribution < -0.4 is 19.9 Å². The van der Waals surface area contributed by atoms with E-state index < -0.39 is 0 Å². The minimum atomic E-state index is -0.0216. The van der Waals surface area contributed by atoms with Crippen LogP contribution >= 0.6 is 0 Å². The van der Waals surface area contributed by atoms with Crippen LogP contribution in [-0.4, -0.2) is 42.2 Å². The first kappa shape index (κ1) is 22.1. The zero-order valence-corrected chi connectivity index (χ0v) is 19.5. The van der Waals surface area contributed by atoms with E-state index in [4.69, 9.17) is 24.0 Å². The number of oxazole rings is 1. The van der Waals surface area contributed by atoms with Crippen molar-refractivity contribution in [2.24, 2.45) is 0 Å². The Morgan fingerprint density at radius 1 is 1.03 bits per heavy atom. The van der Waals surface area contributed by atoms with Crippen molar-refractivity contribution in [3.63, 3.8) is 0 Å². The summed E-state index contributed by atoms with van der Waals surface area (Å²) in [5.41, 5.74) is 3.57. The Morgan fingerprint density at radius 3 is 2.38 bits per heavy atom. The van der Waals surface area contributed by atoms with Crippen molar-refractivity contribution in [2.45, 2.75) is 44.9 Å². The lowest BCUT2D eigenvalue weighted by Gasteiger charge is -2.33. The van der Waals surface area contributed by atoms with Crippen molar-refractivity contribution in [1.29, 1.82) is 5.41 Å². The van der Waals surface area contributed by atoms with Crippen LogP contribution in [0.4, 0.5) is 0 Å². The molecule has 0 bridgehead atoms. The summed E-state index contributed by atoms with van der Waals surface area (Å²) in [5.74, 6) is 2.16. The van der Waals surface area contributed by atoms with E-state index in [0.29, 0.717) is 36.7 Å². The van der Waals surface area contributed by atoms with Crippen LogP contribution in [0.3, 0.4) is 0 Å². The molecule has 0 atom stereocenters. The first-order chi connectivity index (χ1) is 16.5. The van der Waals surface area contributed by atoms with Gasteiger partial charge in [-0.25, -0.2) is 0 Å². The Kier molecular flexibility index (Phi) is 6.04. The predicted molar refractivity (Wildman–Crippen MR) is 124 cm³/mol. The molecule has 3 aromatic rings. The van der Waals surface area contributed by atoms with Gasteiger partial charge in [0, 0.05) is 36.5 Å². The number of nitrogens with one attached hydrogen (secondary N) is 1. The number of carbonyl (C=O) groups is 1.